The molecule has 0 heterocycles. The molecule has 0 saturated carbocycles. The Morgan fingerprint density at radius 3 is 1.29 bits per heavy atom. The first-order valence-corrected chi connectivity index (χ1v) is 11.1. The van der Waals surface area contributed by atoms with Gasteiger partial charge in [-0.25, -0.2) is 0 Å². The normalized spacial score (nSPS) is 9.14. The van der Waals surface area contributed by atoms with E-state index in [-0.39, 0.29) is 25.8 Å². The first-order chi connectivity index (χ1) is 13.5. The van der Waals surface area contributed by atoms with E-state index in [0.29, 0.717) is 6.61 Å². The number of carbonyl (C=O) groups excluding carboxylic acids is 1. The average Bonchev–Trinajstić information content (AvgIpc) is 2.68. The van der Waals surface area contributed by atoms with E-state index in [9.17, 15) is 4.79 Å². The molecule has 0 aliphatic heterocycles. The Morgan fingerprint density at radius 1 is 0.679 bits per heavy atom. The van der Waals surface area contributed by atoms with Gasteiger partial charge >= 0.3 is 5.97 Å². The Kier molecular flexibility index (Phi) is 50.8. The molecule has 0 atom stereocenters. The van der Waals surface area contributed by atoms with Crippen LogP contribution in [0.2, 0.25) is 0 Å². The van der Waals surface area contributed by atoms with Gasteiger partial charge in [0.2, 0.25) is 0 Å². The Morgan fingerprint density at radius 2 is 1.04 bits per heavy atom. The third-order valence-corrected chi connectivity index (χ3v) is 3.31. The van der Waals surface area contributed by atoms with Crippen molar-refractivity contribution in [3.05, 3.63) is 0 Å². The van der Waals surface area contributed by atoms with Crippen molar-refractivity contribution in [2.75, 3.05) is 39.6 Å². The lowest BCUT2D eigenvalue weighted by Gasteiger charge is -2.02. The molecule has 0 fully saturated rings. The molecule has 6 heteroatoms. The Hall–Kier alpha value is -0.690. The molecule has 0 amide bonds. The van der Waals surface area contributed by atoms with Crippen LogP contribution in [-0.4, -0.2) is 60.9 Å². The zero-order chi connectivity index (χ0) is 22.3. The Bertz CT molecular complexity index is 233. The molecule has 0 aromatic carbocycles. The number of aliphatic hydroxyl groups excluding tert-OH is 3. The number of carbonyl (C=O) groups is 1. The smallest absolute Gasteiger partial charge is 0.302 e. The maximum atomic E-state index is 10.5. The third kappa shape index (κ3) is 63.8. The number of hydrogen-bond acceptors (Lipinski definition) is 6. The van der Waals surface area contributed by atoms with Crippen LogP contribution >= 0.6 is 0 Å². The van der Waals surface area contributed by atoms with Crippen molar-refractivity contribution in [3.63, 3.8) is 0 Å². The van der Waals surface area contributed by atoms with Crippen molar-refractivity contribution in [1.82, 2.24) is 0 Å². The molecule has 6 nitrogen and oxygen atoms in total. The van der Waals surface area contributed by atoms with Crippen LogP contribution in [0.5, 0.6) is 0 Å². The van der Waals surface area contributed by atoms with E-state index in [1.54, 1.807) is 6.92 Å². The second kappa shape index (κ2) is 40.9. The van der Waals surface area contributed by atoms with Crippen LogP contribution in [0.4, 0.5) is 0 Å². The molecular formula is C22H50O6. The van der Waals surface area contributed by atoms with Crippen molar-refractivity contribution >= 4 is 5.97 Å². The average molecular weight is 411 g/mol. The highest BCUT2D eigenvalue weighted by Crippen LogP contribution is 2.10. The number of esters is 1. The van der Waals surface area contributed by atoms with Crippen LogP contribution in [0.1, 0.15) is 98.8 Å². The largest absolute Gasteiger partial charge is 0.466 e. The maximum absolute atomic E-state index is 10.5. The molecule has 0 bridgehead atoms. The minimum absolute atomic E-state index is 0.125. The van der Waals surface area contributed by atoms with Crippen LogP contribution < -0.4 is 0 Å². The fourth-order valence-electron chi connectivity index (χ4n) is 2.01. The molecule has 0 rings (SSSR count). The molecule has 0 unspecified atom stereocenters. The lowest BCUT2D eigenvalue weighted by Crippen LogP contribution is -2.00. The number of rotatable bonds is 14. The molecule has 0 aromatic rings. The van der Waals surface area contributed by atoms with Crippen molar-refractivity contribution < 1.29 is 29.6 Å². The predicted octanol–water partition coefficient (Wildman–Crippen LogP) is 4.48. The summed E-state index contributed by atoms with van der Waals surface area (Å²) in [6.07, 6.45) is 13.1. The van der Waals surface area contributed by atoms with E-state index in [1.807, 2.05) is 13.8 Å². The van der Waals surface area contributed by atoms with Crippen molar-refractivity contribution in [2.24, 2.45) is 0 Å². The lowest BCUT2D eigenvalue weighted by molar-refractivity contribution is -0.141. The molecule has 0 aromatic heterocycles. The summed E-state index contributed by atoms with van der Waals surface area (Å²) in [6, 6.07) is 0. The summed E-state index contributed by atoms with van der Waals surface area (Å²) in [7, 11) is 0. The number of unbranched alkanes of at least 4 members (excludes halogenated alkanes) is 9. The van der Waals surface area contributed by atoms with Gasteiger partial charge in [0, 0.05) is 26.7 Å². The first-order valence-electron chi connectivity index (χ1n) is 11.1. The molecule has 0 radical (unpaired) electrons. The van der Waals surface area contributed by atoms with E-state index < -0.39 is 0 Å². The molecule has 0 aliphatic rings. The summed E-state index contributed by atoms with van der Waals surface area (Å²) >= 11 is 0. The van der Waals surface area contributed by atoms with Crippen LogP contribution in [0.15, 0.2) is 0 Å². The van der Waals surface area contributed by atoms with Crippen LogP contribution in [0.25, 0.3) is 0 Å². The highest BCUT2D eigenvalue weighted by atomic mass is 16.5. The Labute approximate surface area is 174 Å². The highest BCUT2D eigenvalue weighted by molar-refractivity contribution is 5.65. The van der Waals surface area contributed by atoms with Crippen molar-refractivity contribution in [2.45, 2.75) is 98.8 Å². The lowest BCUT2D eigenvalue weighted by atomic mass is 10.1. The quantitative estimate of drug-likeness (QED) is 0.288. The van der Waals surface area contributed by atoms with Gasteiger partial charge in [0.1, 0.15) is 0 Å². The standard InChI is InChI=1S/C14H28O2.C4H10O.C2H6O2.C2H6O/c1-3-4-5-6-7-8-9-10-11-12-13-16-14(2)15;1-3-5-4-2;3-1-2-4;1-2-3/h3-13H2,1-2H3;3-4H2,1-2H3;3-4H,1-2H2;3H,2H2,1H3. The summed E-state index contributed by atoms with van der Waals surface area (Å²) in [6.45, 7) is 11.7. The van der Waals surface area contributed by atoms with Crippen molar-refractivity contribution in [1.29, 1.82) is 0 Å². The summed E-state index contributed by atoms with van der Waals surface area (Å²) in [4.78, 5) is 10.5. The number of hydrogen-bond donors (Lipinski definition) is 3. The second-order valence-electron chi connectivity index (χ2n) is 6.07. The van der Waals surface area contributed by atoms with E-state index in [2.05, 4.69) is 6.92 Å². The number of ether oxygens (including phenoxy) is 2. The van der Waals surface area contributed by atoms with Crippen LogP contribution in [0.3, 0.4) is 0 Å². The molecular weight excluding hydrogens is 360 g/mol. The van der Waals surface area contributed by atoms with E-state index in [1.165, 1.54) is 64.7 Å². The zero-order valence-corrected chi connectivity index (χ0v) is 19.4. The van der Waals surface area contributed by atoms with Gasteiger partial charge in [0.15, 0.2) is 0 Å². The van der Waals surface area contributed by atoms with Gasteiger partial charge < -0.3 is 24.8 Å². The molecule has 0 spiro atoms. The Balaban J connectivity index is -0.000000195. The molecule has 0 saturated heterocycles. The SMILES string of the molecule is CCCCCCCCCCCCOC(C)=O.CCO.CCOCC.OCCO. The molecule has 0 aliphatic carbocycles. The minimum Gasteiger partial charge on any atom is -0.466 e. The fourth-order valence-corrected chi connectivity index (χ4v) is 2.01. The summed E-state index contributed by atoms with van der Waals surface area (Å²) in [5, 5.41) is 22.8. The van der Waals surface area contributed by atoms with E-state index in [0.717, 1.165) is 19.6 Å². The third-order valence-electron chi connectivity index (χ3n) is 3.31. The summed E-state index contributed by atoms with van der Waals surface area (Å²) in [5.41, 5.74) is 0. The van der Waals surface area contributed by atoms with Gasteiger partial charge in [-0.1, -0.05) is 64.7 Å². The highest BCUT2D eigenvalue weighted by Gasteiger charge is 1.94. The van der Waals surface area contributed by atoms with Gasteiger partial charge in [0.05, 0.1) is 19.8 Å². The van der Waals surface area contributed by atoms with E-state index >= 15 is 0 Å². The predicted molar refractivity (Wildman–Crippen MR) is 118 cm³/mol. The van der Waals surface area contributed by atoms with Gasteiger partial charge in [-0.15, -0.1) is 0 Å². The minimum atomic E-state index is -0.157. The molecule has 174 valence electrons. The topological polar surface area (TPSA) is 96.2 Å². The van der Waals surface area contributed by atoms with Gasteiger partial charge in [-0.05, 0) is 27.2 Å². The van der Waals surface area contributed by atoms with Gasteiger partial charge in [0.25, 0.3) is 0 Å². The summed E-state index contributed by atoms with van der Waals surface area (Å²) < 4.78 is 9.71. The van der Waals surface area contributed by atoms with Gasteiger partial charge in [-0.3, -0.25) is 4.79 Å². The molecule has 28 heavy (non-hydrogen) atoms. The number of aliphatic hydroxyl groups is 3. The second-order valence-corrected chi connectivity index (χ2v) is 6.07. The fraction of sp³-hybridized carbons (Fsp3) is 0.955. The van der Waals surface area contributed by atoms with Crippen LogP contribution in [0, 0.1) is 0 Å². The van der Waals surface area contributed by atoms with Crippen LogP contribution in [-0.2, 0) is 14.3 Å². The van der Waals surface area contributed by atoms with E-state index in [4.69, 9.17) is 24.8 Å². The summed E-state index contributed by atoms with van der Waals surface area (Å²) in [5.74, 6) is -0.157. The monoisotopic (exact) mass is 410 g/mol. The first kappa shape index (κ1) is 34.8. The van der Waals surface area contributed by atoms with Crippen molar-refractivity contribution in [3.8, 4) is 0 Å². The zero-order valence-electron chi connectivity index (χ0n) is 19.4. The maximum Gasteiger partial charge on any atom is 0.302 e. The van der Waals surface area contributed by atoms with Gasteiger partial charge in [-0.2, -0.15) is 0 Å². The molecule has 3 N–H and O–H groups in total.